The molecule has 0 aliphatic carbocycles. The van der Waals surface area contributed by atoms with E-state index in [0.29, 0.717) is 38.9 Å². The van der Waals surface area contributed by atoms with Crippen LogP contribution in [-0.4, -0.2) is 61.6 Å². The second kappa shape index (κ2) is 9.28. The topological polar surface area (TPSA) is 105 Å². The lowest BCUT2D eigenvalue weighted by Crippen LogP contribution is -2.30. The highest BCUT2D eigenvalue weighted by atomic mass is 32.2. The van der Waals surface area contributed by atoms with Gasteiger partial charge in [-0.3, -0.25) is 8.37 Å². The fourth-order valence-corrected chi connectivity index (χ4v) is 3.17. The number of hydrogen-bond acceptors (Lipinski definition) is 8. The standard InChI is InChI=1S/C13H26O8S2/c1-22(14,15)20-9-5-3-7-13(18-11-12-19-13)8-4-6-10-21-23(2,16)17/h3-12H2,1-2H3. The van der Waals surface area contributed by atoms with E-state index in [1.54, 1.807) is 0 Å². The molecule has 1 aliphatic rings. The first-order chi connectivity index (χ1) is 10.6. The quantitative estimate of drug-likeness (QED) is 0.368. The van der Waals surface area contributed by atoms with Gasteiger partial charge in [0.2, 0.25) is 0 Å². The second-order valence-corrected chi connectivity index (χ2v) is 8.86. The maximum absolute atomic E-state index is 10.9. The van der Waals surface area contributed by atoms with Gasteiger partial charge in [0.15, 0.2) is 5.79 Å². The summed E-state index contributed by atoms with van der Waals surface area (Å²) < 4.78 is 64.2. The third-order valence-corrected chi connectivity index (χ3v) is 4.50. The fraction of sp³-hybridized carbons (Fsp3) is 1.00. The minimum absolute atomic E-state index is 0.150. The Morgan fingerprint density at radius 1 is 0.783 bits per heavy atom. The first kappa shape index (κ1) is 20.8. The molecule has 0 bridgehead atoms. The van der Waals surface area contributed by atoms with Gasteiger partial charge in [0, 0.05) is 12.8 Å². The summed E-state index contributed by atoms with van der Waals surface area (Å²) in [4.78, 5) is 0. The van der Waals surface area contributed by atoms with E-state index in [1.807, 2.05) is 0 Å². The van der Waals surface area contributed by atoms with Gasteiger partial charge in [-0.25, -0.2) is 0 Å². The summed E-state index contributed by atoms with van der Waals surface area (Å²) in [6.45, 7) is 1.35. The van der Waals surface area contributed by atoms with E-state index >= 15 is 0 Å². The highest BCUT2D eigenvalue weighted by Gasteiger charge is 2.35. The largest absolute Gasteiger partial charge is 0.348 e. The lowest BCUT2D eigenvalue weighted by Gasteiger charge is -2.27. The van der Waals surface area contributed by atoms with Crippen LogP contribution in [0.5, 0.6) is 0 Å². The zero-order valence-electron chi connectivity index (χ0n) is 13.7. The summed E-state index contributed by atoms with van der Waals surface area (Å²) in [6, 6.07) is 0. The highest BCUT2D eigenvalue weighted by molar-refractivity contribution is 7.86. The fourth-order valence-electron chi connectivity index (χ4n) is 2.32. The van der Waals surface area contributed by atoms with Crippen LogP contribution in [0.4, 0.5) is 0 Å². The predicted octanol–water partition coefficient (Wildman–Crippen LogP) is 1.02. The third kappa shape index (κ3) is 10.3. The molecule has 0 N–H and O–H groups in total. The molecular formula is C13H26O8S2. The summed E-state index contributed by atoms with van der Waals surface area (Å²) in [7, 11) is -6.79. The van der Waals surface area contributed by atoms with Crippen LogP contribution < -0.4 is 0 Å². The second-order valence-electron chi connectivity index (χ2n) is 5.57. The molecule has 0 aromatic rings. The van der Waals surface area contributed by atoms with E-state index in [-0.39, 0.29) is 13.2 Å². The molecule has 0 saturated carbocycles. The number of rotatable bonds is 12. The van der Waals surface area contributed by atoms with Gasteiger partial charge in [-0.05, 0) is 25.7 Å². The Kier molecular flexibility index (Phi) is 8.39. The molecule has 10 heteroatoms. The molecule has 1 saturated heterocycles. The molecular weight excluding hydrogens is 348 g/mol. The van der Waals surface area contributed by atoms with Crippen molar-refractivity contribution >= 4 is 20.2 Å². The first-order valence-corrected chi connectivity index (χ1v) is 11.2. The van der Waals surface area contributed by atoms with Gasteiger partial charge < -0.3 is 9.47 Å². The molecule has 0 atom stereocenters. The molecule has 0 spiro atoms. The highest BCUT2D eigenvalue weighted by Crippen LogP contribution is 2.31. The van der Waals surface area contributed by atoms with Gasteiger partial charge in [-0.1, -0.05) is 0 Å². The van der Waals surface area contributed by atoms with Crippen molar-refractivity contribution in [3.63, 3.8) is 0 Å². The summed E-state index contributed by atoms with van der Waals surface area (Å²) in [5, 5.41) is 0. The molecule has 0 aromatic heterocycles. The van der Waals surface area contributed by atoms with E-state index in [2.05, 4.69) is 8.37 Å². The minimum Gasteiger partial charge on any atom is -0.348 e. The van der Waals surface area contributed by atoms with Gasteiger partial charge in [-0.2, -0.15) is 16.8 Å². The van der Waals surface area contributed by atoms with Crippen LogP contribution in [0.15, 0.2) is 0 Å². The molecule has 8 nitrogen and oxygen atoms in total. The van der Waals surface area contributed by atoms with Crippen LogP contribution in [0.1, 0.15) is 38.5 Å². The Morgan fingerprint density at radius 3 is 1.52 bits per heavy atom. The first-order valence-electron chi connectivity index (χ1n) is 7.59. The predicted molar refractivity (Wildman–Crippen MR) is 83.9 cm³/mol. The Balaban J connectivity index is 2.24. The van der Waals surface area contributed by atoms with Crippen molar-refractivity contribution < 1.29 is 34.7 Å². The average Bonchev–Trinajstić information content (AvgIpc) is 2.84. The summed E-state index contributed by atoms with van der Waals surface area (Å²) >= 11 is 0. The van der Waals surface area contributed by atoms with Crippen molar-refractivity contribution in [2.75, 3.05) is 38.9 Å². The van der Waals surface area contributed by atoms with Crippen molar-refractivity contribution in [1.29, 1.82) is 0 Å². The molecule has 1 aliphatic heterocycles. The number of hydrogen-bond donors (Lipinski definition) is 0. The average molecular weight is 374 g/mol. The molecule has 0 amide bonds. The Labute approximate surface area is 138 Å². The molecule has 138 valence electrons. The molecule has 0 radical (unpaired) electrons. The van der Waals surface area contributed by atoms with Crippen molar-refractivity contribution in [1.82, 2.24) is 0 Å². The molecule has 0 aromatic carbocycles. The Hall–Kier alpha value is -0.260. The SMILES string of the molecule is CS(=O)(=O)OCCCCC1(CCCCOS(C)(=O)=O)OCCO1. The van der Waals surface area contributed by atoms with Gasteiger partial charge in [0.25, 0.3) is 20.2 Å². The van der Waals surface area contributed by atoms with Gasteiger partial charge in [0.05, 0.1) is 38.9 Å². The normalized spacial score (nSPS) is 18.3. The van der Waals surface area contributed by atoms with E-state index in [0.717, 1.165) is 25.4 Å². The maximum atomic E-state index is 10.9. The monoisotopic (exact) mass is 374 g/mol. The van der Waals surface area contributed by atoms with Crippen molar-refractivity contribution in [2.45, 2.75) is 44.3 Å². The summed E-state index contributed by atoms with van der Waals surface area (Å²) in [6.07, 6.45) is 5.97. The lowest BCUT2D eigenvalue weighted by atomic mass is 10.0. The summed E-state index contributed by atoms with van der Waals surface area (Å²) in [5.74, 6) is -0.657. The van der Waals surface area contributed by atoms with E-state index in [1.165, 1.54) is 0 Å². The minimum atomic E-state index is -3.40. The number of unbranched alkanes of at least 4 members (excludes halogenated alkanes) is 2. The van der Waals surface area contributed by atoms with Crippen LogP contribution >= 0.6 is 0 Å². The van der Waals surface area contributed by atoms with Gasteiger partial charge >= 0.3 is 0 Å². The zero-order valence-corrected chi connectivity index (χ0v) is 15.3. The van der Waals surface area contributed by atoms with Crippen molar-refractivity contribution in [3.8, 4) is 0 Å². The maximum Gasteiger partial charge on any atom is 0.264 e. The smallest absolute Gasteiger partial charge is 0.264 e. The van der Waals surface area contributed by atoms with Gasteiger partial charge in [-0.15, -0.1) is 0 Å². The van der Waals surface area contributed by atoms with Crippen LogP contribution in [0, 0.1) is 0 Å². The number of ether oxygens (including phenoxy) is 2. The Bertz CT molecular complexity index is 490. The van der Waals surface area contributed by atoms with Crippen LogP contribution in [0.25, 0.3) is 0 Å². The van der Waals surface area contributed by atoms with E-state index in [9.17, 15) is 16.8 Å². The van der Waals surface area contributed by atoms with E-state index in [4.69, 9.17) is 9.47 Å². The molecule has 1 fully saturated rings. The molecule has 1 heterocycles. The summed E-state index contributed by atoms with van der Waals surface area (Å²) in [5.41, 5.74) is 0. The molecule has 0 unspecified atom stereocenters. The molecule has 1 rings (SSSR count). The molecule has 23 heavy (non-hydrogen) atoms. The third-order valence-electron chi connectivity index (χ3n) is 3.31. The van der Waals surface area contributed by atoms with Crippen molar-refractivity contribution in [2.24, 2.45) is 0 Å². The van der Waals surface area contributed by atoms with Crippen LogP contribution in [-0.2, 0) is 38.1 Å². The van der Waals surface area contributed by atoms with Crippen molar-refractivity contribution in [3.05, 3.63) is 0 Å². The Morgan fingerprint density at radius 2 is 1.17 bits per heavy atom. The lowest BCUT2D eigenvalue weighted by molar-refractivity contribution is -0.168. The zero-order chi connectivity index (χ0) is 17.4. The van der Waals surface area contributed by atoms with Crippen LogP contribution in [0.3, 0.4) is 0 Å². The van der Waals surface area contributed by atoms with E-state index < -0.39 is 26.0 Å². The van der Waals surface area contributed by atoms with Gasteiger partial charge in [0.1, 0.15) is 0 Å². The van der Waals surface area contributed by atoms with Crippen LogP contribution in [0.2, 0.25) is 0 Å².